The minimum atomic E-state index is 0.764. The van der Waals surface area contributed by atoms with Crippen LogP contribution in [0.15, 0.2) is 0 Å². The summed E-state index contributed by atoms with van der Waals surface area (Å²) in [7, 11) is 2.42. The van der Waals surface area contributed by atoms with E-state index in [4.69, 9.17) is 6.42 Å². The van der Waals surface area contributed by atoms with Gasteiger partial charge in [-0.1, -0.05) is 0 Å². The molecule has 0 bridgehead atoms. The maximum Gasteiger partial charge on any atom is 0.235 e. The molecule has 20 valence electrons. The van der Waals surface area contributed by atoms with Crippen molar-refractivity contribution in [3.8, 4) is 12.2 Å². The van der Waals surface area contributed by atoms with E-state index >= 15 is 0 Å². The van der Waals surface area contributed by atoms with E-state index in [0.29, 0.717) is 0 Å². The second-order valence-electron chi connectivity index (χ2n) is 0.408. The second kappa shape index (κ2) is 3.05. The molecule has 2 heteroatoms. The van der Waals surface area contributed by atoms with Gasteiger partial charge in [-0.05, 0) is 0 Å². The lowest BCUT2D eigenvalue weighted by molar-refractivity contribution is 3.07. The Bertz CT molecular complexity index is 35.8. The molecule has 0 aliphatic rings. The third-order valence-corrected chi connectivity index (χ3v) is 0.354. The normalized spacial score (nSPS) is 4.00. The highest BCUT2D eigenvalue weighted by molar-refractivity contribution is 7.57. The van der Waals surface area contributed by atoms with Crippen LogP contribution < -0.4 is 0 Å². The summed E-state index contributed by atoms with van der Waals surface area (Å²) in [5.74, 6) is 2.39. The highest BCUT2D eigenvalue weighted by Gasteiger charge is 1.51. The molecule has 0 saturated carbocycles. The van der Waals surface area contributed by atoms with Crippen molar-refractivity contribution in [2.24, 2.45) is 0 Å². The highest BCUT2D eigenvalue weighted by atomic mass is 31.0. The molecule has 0 saturated heterocycles. The van der Waals surface area contributed by atoms with Crippen molar-refractivity contribution in [3.63, 3.8) is 0 Å². The van der Waals surface area contributed by atoms with Gasteiger partial charge in [0.05, 0.1) is 0 Å². The van der Waals surface area contributed by atoms with Crippen molar-refractivity contribution in [1.82, 2.24) is 0 Å². The maximum absolute atomic E-state index is 4.76. The first-order valence-electron chi connectivity index (χ1n) is 1.05. The van der Waals surface area contributed by atoms with Crippen LogP contribution in [-0.4, -0.2) is 7.00 Å². The van der Waals surface area contributed by atoms with Gasteiger partial charge in [-0.3, -0.25) is 0 Å². The fraction of sp³-hybridized carbons (Fsp3) is 0. The zero-order chi connectivity index (χ0) is 3.41. The third-order valence-electron chi connectivity index (χ3n) is 0.118. The Hall–Kier alpha value is 0.0549. The van der Waals surface area contributed by atoms with Crippen molar-refractivity contribution in [2.45, 2.75) is 0 Å². The Morgan fingerprint density at radius 2 is 2.25 bits per heavy atom. The van der Waals surface area contributed by atoms with Crippen LogP contribution in [0.1, 0.15) is 0 Å². The van der Waals surface area contributed by atoms with E-state index < -0.39 is 0 Å². The van der Waals surface area contributed by atoms with Crippen molar-refractivity contribution in [1.29, 1.82) is 0 Å². The maximum atomic E-state index is 4.76. The van der Waals surface area contributed by atoms with Gasteiger partial charge in [-0.25, -0.2) is 0 Å². The summed E-state index contributed by atoms with van der Waals surface area (Å²) in [6.45, 7) is 0.764. The van der Waals surface area contributed by atoms with Gasteiger partial charge in [-0.2, -0.15) is 14.9 Å². The molecular formula is C2H4BP. The van der Waals surface area contributed by atoms with Crippen LogP contribution in [0.2, 0.25) is 0 Å². The van der Waals surface area contributed by atoms with Gasteiger partial charge in [0.2, 0.25) is 7.00 Å². The molecule has 0 amide bonds. The van der Waals surface area contributed by atoms with E-state index in [1.165, 1.54) is 0 Å². The van der Waals surface area contributed by atoms with Crippen LogP contribution in [0.3, 0.4) is 0 Å². The fourth-order valence-electron chi connectivity index (χ4n) is 0. The number of hydrogen-bond donors (Lipinski definition) is 0. The Labute approximate surface area is 29.4 Å². The molecule has 0 nitrogen and oxygen atoms in total. The Morgan fingerprint density at radius 3 is 2.25 bits per heavy atom. The summed E-state index contributed by atoms with van der Waals surface area (Å²) in [5, 5.41) is 0. The van der Waals surface area contributed by atoms with Crippen molar-refractivity contribution in [2.75, 3.05) is 0 Å². The standard InChI is InChI=1S/C2H4BP/c1-2-3-4/h1,3H,4H2. The summed E-state index contributed by atoms with van der Waals surface area (Å²) in [6.07, 6.45) is 4.76. The first kappa shape index (κ1) is 4.05. The molecule has 0 radical (unpaired) electrons. The monoisotopic (exact) mass is 70.0 g/mol. The summed E-state index contributed by atoms with van der Waals surface area (Å²) in [4.78, 5) is 0. The number of rotatable bonds is 0. The first-order chi connectivity index (χ1) is 1.91. The van der Waals surface area contributed by atoms with E-state index in [1.54, 1.807) is 0 Å². The van der Waals surface area contributed by atoms with E-state index in [0.717, 1.165) is 7.00 Å². The second-order valence-corrected chi connectivity index (χ2v) is 0.816. The molecule has 0 aromatic rings. The molecule has 0 fully saturated rings. The molecule has 0 heterocycles. The molecule has 0 rings (SSSR count). The van der Waals surface area contributed by atoms with Gasteiger partial charge >= 0.3 is 0 Å². The molecule has 1 unspecified atom stereocenters. The minimum Gasteiger partial charge on any atom is -0.160 e. The van der Waals surface area contributed by atoms with Gasteiger partial charge in [0.1, 0.15) is 0 Å². The lowest BCUT2D eigenvalue weighted by Crippen LogP contribution is -1.55. The molecule has 0 aromatic carbocycles. The Kier molecular flexibility index (Phi) is 3.10. The van der Waals surface area contributed by atoms with Crippen LogP contribution in [0, 0.1) is 12.2 Å². The zero-order valence-corrected chi connectivity index (χ0v) is 3.52. The largest absolute Gasteiger partial charge is 0.235 e. The average molecular weight is 69.8 g/mol. The molecular weight excluding hydrogens is 65.8 g/mol. The summed E-state index contributed by atoms with van der Waals surface area (Å²) >= 11 is 0. The van der Waals surface area contributed by atoms with Crippen LogP contribution in [-0.2, 0) is 0 Å². The van der Waals surface area contributed by atoms with Gasteiger partial charge in [-0.15, -0.1) is 6.42 Å². The zero-order valence-electron chi connectivity index (χ0n) is 2.36. The van der Waals surface area contributed by atoms with Crippen LogP contribution in [0.4, 0.5) is 0 Å². The summed E-state index contributed by atoms with van der Waals surface area (Å²) < 4.78 is 0. The SMILES string of the molecule is C#CBP. The predicted molar refractivity (Wildman–Crippen MR) is 25.7 cm³/mol. The topological polar surface area (TPSA) is 0 Å². The highest BCUT2D eigenvalue weighted by Crippen LogP contribution is 1.63. The summed E-state index contributed by atoms with van der Waals surface area (Å²) in [6, 6.07) is 0. The van der Waals surface area contributed by atoms with Crippen molar-refractivity contribution in [3.05, 3.63) is 0 Å². The Balaban J connectivity index is 2.43. The predicted octanol–water partition coefficient (Wildman–Crippen LogP) is -0.196. The van der Waals surface area contributed by atoms with Gasteiger partial charge in [0.15, 0.2) is 0 Å². The lowest BCUT2D eigenvalue weighted by atomic mass is 10.2. The molecule has 4 heavy (non-hydrogen) atoms. The van der Waals surface area contributed by atoms with Crippen molar-refractivity contribution >= 4 is 16.1 Å². The van der Waals surface area contributed by atoms with E-state index in [1.807, 2.05) is 0 Å². The van der Waals surface area contributed by atoms with E-state index in [2.05, 4.69) is 14.9 Å². The van der Waals surface area contributed by atoms with Gasteiger partial charge in [0.25, 0.3) is 0 Å². The summed E-state index contributed by atoms with van der Waals surface area (Å²) in [5.41, 5.74) is 0. The van der Waals surface area contributed by atoms with Crippen LogP contribution >= 0.6 is 9.12 Å². The van der Waals surface area contributed by atoms with E-state index in [-0.39, 0.29) is 0 Å². The van der Waals surface area contributed by atoms with Crippen LogP contribution in [0.25, 0.3) is 0 Å². The quantitative estimate of drug-likeness (QED) is 0.210. The average Bonchev–Trinajstić information content (AvgIpc) is 1.37. The van der Waals surface area contributed by atoms with E-state index in [9.17, 15) is 0 Å². The molecule has 0 aromatic heterocycles. The number of terminal acetylenes is 1. The van der Waals surface area contributed by atoms with Crippen LogP contribution in [0.5, 0.6) is 0 Å². The van der Waals surface area contributed by atoms with Crippen molar-refractivity contribution < 1.29 is 0 Å². The smallest absolute Gasteiger partial charge is 0.160 e. The molecule has 0 N–H and O–H groups in total. The first-order valence-corrected chi connectivity index (χ1v) is 1.87. The van der Waals surface area contributed by atoms with Gasteiger partial charge in [0, 0.05) is 0 Å². The molecule has 1 atom stereocenters. The Morgan fingerprint density at radius 1 is 2.00 bits per heavy atom. The lowest BCUT2D eigenvalue weighted by Gasteiger charge is -1.47. The molecule has 0 aliphatic heterocycles. The van der Waals surface area contributed by atoms with Gasteiger partial charge < -0.3 is 0 Å². The third kappa shape index (κ3) is 2.05. The fourth-order valence-corrected chi connectivity index (χ4v) is 0. The molecule has 0 aliphatic carbocycles. The minimum absolute atomic E-state index is 0.764. The molecule has 0 spiro atoms. The number of hydrogen-bond acceptors (Lipinski definition) is 0.